The van der Waals surface area contributed by atoms with Crippen LogP contribution in [0.25, 0.3) is 0 Å². The van der Waals surface area contributed by atoms with E-state index in [0.717, 1.165) is 12.3 Å². The third-order valence-electron chi connectivity index (χ3n) is 4.32. The molecule has 0 aliphatic carbocycles. The van der Waals surface area contributed by atoms with Gasteiger partial charge in [-0.3, -0.25) is 0 Å². The molecule has 0 unspecified atom stereocenters. The molecule has 1 aromatic rings. The van der Waals surface area contributed by atoms with Crippen LogP contribution in [0.4, 0.5) is 5.69 Å². The SMILES string of the molecule is CCO[Si](CC)(CC)CCCCCc1ccc(N)cc1. The van der Waals surface area contributed by atoms with Crippen LogP contribution in [0.5, 0.6) is 0 Å². The molecule has 0 heterocycles. The number of unbranched alkanes of at least 4 members (excludes halogenated alkanes) is 2. The predicted molar refractivity (Wildman–Crippen MR) is 91.6 cm³/mol. The average Bonchev–Trinajstić information content (AvgIpc) is 2.48. The Morgan fingerprint density at radius 1 is 0.950 bits per heavy atom. The van der Waals surface area contributed by atoms with Gasteiger partial charge in [-0.05, 0) is 55.6 Å². The minimum absolute atomic E-state index is 0.854. The molecule has 0 amide bonds. The Hall–Kier alpha value is -0.803. The highest BCUT2D eigenvalue weighted by molar-refractivity contribution is 6.73. The summed E-state index contributed by atoms with van der Waals surface area (Å²) in [7, 11) is -1.40. The largest absolute Gasteiger partial charge is 0.417 e. The van der Waals surface area contributed by atoms with Gasteiger partial charge >= 0.3 is 0 Å². The van der Waals surface area contributed by atoms with Crippen LogP contribution in [0.1, 0.15) is 45.6 Å². The van der Waals surface area contributed by atoms with Crippen LogP contribution in [-0.2, 0) is 10.8 Å². The molecule has 0 fully saturated rings. The molecule has 1 aromatic carbocycles. The Morgan fingerprint density at radius 3 is 2.15 bits per heavy atom. The van der Waals surface area contributed by atoms with E-state index in [1.165, 1.54) is 49.4 Å². The molecule has 0 aromatic heterocycles. The lowest BCUT2D eigenvalue weighted by atomic mass is 10.1. The van der Waals surface area contributed by atoms with Gasteiger partial charge in [0.2, 0.25) is 0 Å². The summed E-state index contributed by atoms with van der Waals surface area (Å²) < 4.78 is 6.13. The fourth-order valence-corrected chi connectivity index (χ4v) is 6.09. The van der Waals surface area contributed by atoms with Crippen molar-refractivity contribution in [2.45, 2.75) is 64.6 Å². The normalized spacial score (nSPS) is 11.8. The van der Waals surface area contributed by atoms with Gasteiger partial charge in [-0.2, -0.15) is 0 Å². The molecule has 0 saturated heterocycles. The van der Waals surface area contributed by atoms with E-state index in [1.807, 2.05) is 12.1 Å². The minimum Gasteiger partial charge on any atom is -0.417 e. The molecule has 3 heteroatoms. The van der Waals surface area contributed by atoms with Crippen LogP contribution in [0.2, 0.25) is 18.1 Å². The van der Waals surface area contributed by atoms with Crippen molar-refractivity contribution >= 4 is 14.0 Å². The summed E-state index contributed by atoms with van der Waals surface area (Å²) in [6.45, 7) is 7.63. The molecule has 0 bridgehead atoms. The van der Waals surface area contributed by atoms with Crippen LogP contribution in [0, 0.1) is 0 Å². The number of hydrogen-bond acceptors (Lipinski definition) is 2. The first-order chi connectivity index (χ1) is 9.65. The minimum atomic E-state index is -1.40. The second-order valence-electron chi connectivity index (χ2n) is 5.63. The van der Waals surface area contributed by atoms with E-state index >= 15 is 0 Å². The highest BCUT2D eigenvalue weighted by atomic mass is 28.4. The Morgan fingerprint density at radius 2 is 1.60 bits per heavy atom. The topological polar surface area (TPSA) is 35.2 Å². The van der Waals surface area contributed by atoms with E-state index in [-0.39, 0.29) is 0 Å². The highest BCUT2D eigenvalue weighted by Gasteiger charge is 2.29. The zero-order valence-corrected chi connectivity index (χ0v) is 14.5. The molecule has 2 nitrogen and oxygen atoms in total. The zero-order valence-electron chi connectivity index (χ0n) is 13.5. The number of hydrogen-bond donors (Lipinski definition) is 1. The summed E-state index contributed by atoms with van der Waals surface area (Å²) in [5.41, 5.74) is 7.96. The summed E-state index contributed by atoms with van der Waals surface area (Å²) in [6, 6.07) is 12.1. The van der Waals surface area contributed by atoms with Gasteiger partial charge in [0.25, 0.3) is 0 Å². The van der Waals surface area contributed by atoms with E-state index in [0.29, 0.717) is 0 Å². The molecule has 114 valence electrons. The molecule has 20 heavy (non-hydrogen) atoms. The second kappa shape index (κ2) is 9.19. The van der Waals surface area contributed by atoms with Crippen LogP contribution in [0.3, 0.4) is 0 Å². The van der Waals surface area contributed by atoms with Crippen molar-refractivity contribution in [2.24, 2.45) is 0 Å². The average molecular weight is 294 g/mol. The number of anilines is 1. The van der Waals surface area contributed by atoms with E-state index in [9.17, 15) is 0 Å². The Labute approximate surface area is 125 Å². The van der Waals surface area contributed by atoms with Crippen LogP contribution in [0.15, 0.2) is 24.3 Å². The highest BCUT2D eigenvalue weighted by Crippen LogP contribution is 2.25. The monoisotopic (exact) mass is 293 g/mol. The molecule has 0 aliphatic heterocycles. The number of aryl methyl sites for hydroxylation is 1. The predicted octanol–water partition coefficient (Wildman–Crippen LogP) is 5.00. The molecule has 2 N–H and O–H groups in total. The fraction of sp³-hybridized carbons (Fsp3) is 0.647. The lowest BCUT2D eigenvalue weighted by molar-refractivity contribution is 0.318. The van der Waals surface area contributed by atoms with Crippen molar-refractivity contribution in [3.63, 3.8) is 0 Å². The summed E-state index contributed by atoms with van der Waals surface area (Å²) in [6.07, 6.45) is 5.07. The van der Waals surface area contributed by atoms with Crippen LogP contribution in [-0.4, -0.2) is 14.9 Å². The lowest BCUT2D eigenvalue weighted by Gasteiger charge is -2.28. The Kier molecular flexibility index (Phi) is 7.93. The van der Waals surface area contributed by atoms with Gasteiger partial charge in [-0.1, -0.05) is 38.8 Å². The number of benzene rings is 1. The Bertz CT molecular complexity index is 360. The molecular formula is C17H31NOSi. The van der Waals surface area contributed by atoms with Crippen molar-refractivity contribution < 1.29 is 4.43 Å². The molecule has 0 radical (unpaired) electrons. The van der Waals surface area contributed by atoms with Crippen molar-refractivity contribution in [3.05, 3.63) is 29.8 Å². The van der Waals surface area contributed by atoms with E-state index in [4.69, 9.17) is 10.2 Å². The van der Waals surface area contributed by atoms with Crippen LogP contribution >= 0.6 is 0 Å². The van der Waals surface area contributed by atoms with Crippen molar-refractivity contribution in [2.75, 3.05) is 12.3 Å². The molecule has 0 saturated carbocycles. The molecular weight excluding hydrogens is 262 g/mol. The van der Waals surface area contributed by atoms with Gasteiger partial charge in [0.1, 0.15) is 0 Å². The standard InChI is InChI=1S/C17H31NOSi/c1-4-19-20(5-2,6-3)15-9-7-8-10-16-11-13-17(18)14-12-16/h11-14H,4-10,15,18H2,1-3H3. The molecule has 0 spiro atoms. The summed E-state index contributed by atoms with van der Waals surface area (Å²) in [5, 5.41) is 0. The van der Waals surface area contributed by atoms with Gasteiger partial charge in [0, 0.05) is 12.3 Å². The second-order valence-corrected chi connectivity index (χ2v) is 10.2. The van der Waals surface area contributed by atoms with Crippen LogP contribution < -0.4 is 5.73 Å². The van der Waals surface area contributed by atoms with Crippen molar-refractivity contribution in [1.82, 2.24) is 0 Å². The smallest absolute Gasteiger partial charge is 0.192 e. The molecule has 1 rings (SSSR count). The maximum absolute atomic E-state index is 6.13. The van der Waals surface area contributed by atoms with Gasteiger partial charge in [-0.25, -0.2) is 0 Å². The number of rotatable bonds is 10. The fourth-order valence-electron chi connectivity index (χ4n) is 2.82. The third kappa shape index (κ3) is 5.67. The first-order valence-corrected chi connectivity index (χ1v) is 10.7. The maximum Gasteiger partial charge on any atom is 0.192 e. The van der Waals surface area contributed by atoms with Gasteiger partial charge < -0.3 is 10.2 Å². The van der Waals surface area contributed by atoms with E-state index < -0.39 is 8.32 Å². The summed E-state index contributed by atoms with van der Waals surface area (Å²) >= 11 is 0. The van der Waals surface area contributed by atoms with Crippen molar-refractivity contribution in [1.29, 1.82) is 0 Å². The lowest BCUT2D eigenvalue weighted by Crippen LogP contribution is -2.36. The Balaban J connectivity index is 2.25. The zero-order chi connectivity index (χ0) is 14.8. The van der Waals surface area contributed by atoms with Crippen molar-refractivity contribution in [3.8, 4) is 0 Å². The summed E-state index contributed by atoms with van der Waals surface area (Å²) in [5.74, 6) is 0. The van der Waals surface area contributed by atoms with Gasteiger partial charge in [0.05, 0.1) is 0 Å². The number of nitrogen functional groups attached to an aromatic ring is 1. The van der Waals surface area contributed by atoms with E-state index in [1.54, 1.807) is 0 Å². The van der Waals surface area contributed by atoms with Gasteiger partial charge in [0.15, 0.2) is 8.32 Å². The quantitative estimate of drug-likeness (QED) is 0.374. The van der Waals surface area contributed by atoms with E-state index in [2.05, 4.69) is 32.9 Å². The maximum atomic E-state index is 6.13. The van der Waals surface area contributed by atoms with Gasteiger partial charge in [-0.15, -0.1) is 0 Å². The molecule has 0 atom stereocenters. The number of nitrogens with two attached hydrogens (primary N) is 1. The molecule has 0 aliphatic rings. The third-order valence-corrected chi connectivity index (χ3v) is 9.06. The summed E-state index contributed by atoms with van der Waals surface area (Å²) in [4.78, 5) is 0. The first kappa shape index (κ1) is 17.2. The first-order valence-electron chi connectivity index (χ1n) is 8.14.